The number of benzene rings is 1. The summed E-state index contributed by atoms with van der Waals surface area (Å²) in [4.78, 5) is 9.06. The Labute approximate surface area is 154 Å². The highest BCUT2D eigenvalue weighted by Gasteiger charge is 2.18. The molecule has 0 aliphatic rings. The zero-order valence-electron chi connectivity index (χ0n) is 15.8. The quantitative estimate of drug-likeness (QED) is 0.678. The van der Waals surface area contributed by atoms with Gasteiger partial charge < -0.3 is 15.7 Å². The van der Waals surface area contributed by atoms with E-state index < -0.39 is 0 Å². The SMILES string of the molecule is CCCc1cccc2c(-c3nc(C)ncc3/C(C=N)=C(\C)N)cn(C)c12. The van der Waals surface area contributed by atoms with Crippen LogP contribution in [-0.4, -0.2) is 20.7 Å². The largest absolute Gasteiger partial charge is 0.402 e. The van der Waals surface area contributed by atoms with Crippen LogP contribution in [0, 0.1) is 12.3 Å². The van der Waals surface area contributed by atoms with Gasteiger partial charge in [0.15, 0.2) is 0 Å². The lowest BCUT2D eigenvalue weighted by Gasteiger charge is -2.11. The first-order chi connectivity index (χ1) is 12.5. The number of hydrogen-bond acceptors (Lipinski definition) is 4. The van der Waals surface area contributed by atoms with Crippen LogP contribution in [0.2, 0.25) is 0 Å². The van der Waals surface area contributed by atoms with Crippen LogP contribution < -0.4 is 5.73 Å². The van der Waals surface area contributed by atoms with Gasteiger partial charge in [-0.15, -0.1) is 0 Å². The Balaban J connectivity index is 2.35. The maximum absolute atomic E-state index is 7.77. The number of nitrogens with zero attached hydrogens (tertiary/aromatic N) is 3. The monoisotopic (exact) mass is 347 g/mol. The van der Waals surface area contributed by atoms with Crippen molar-refractivity contribution in [3.8, 4) is 11.3 Å². The molecule has 2 aromatic heterocycles. The number of allylic oxidation sites excluding steroid dienone is 2. The van der Waals surface area contributed by atoms with Gasteiger partial charge in [-0.2, -0.15) is 0 Å². The molecule has 26 heavy (non-hydrogen) atoms. The molecule has 0 spiro atoms. The van der Waals surface area contributed by atoms with Gasteiger partial charge in [-0.3, -0.25) is 0 Å². The molecule has 3 N–H and O–H groups in total. The highest BCUT2D eigenvalue weighted by molar-refractivity contribution is 6.12. The fourth-order valence-corrected chi connectivity index (χ4v) is 3.49. The zero-order valence-corrected chi connectivity index (χ0v) is 15.8. The van der Waals surface area contributed by atoms with E-state index in [-0.39, 0.29) is 0 Å². The van der Waals surface area contributed by atoms with Crippen LogP contribution in [0.4, 0.5) is 0 Å². The lowest BCUT2D eigenvalue weighted by atomic mass is 9.98. The third-order valence-corrected chi connectivity index (χ3v) is 4.63. The first kappa shape index (κ1) is 17.9. The predicted molar refractivity (Wildman–Crippen MR) is 108 cm³/mol. The van der Waals surface area contributed by atoms with Crippen molar-refractivity contribution in [2.24, 2.45) is 12.8 Å². The van der Waals surface area contributed by atoms with Crippen molar-refractivity contribution in [3.63, 3.8) is 0 Å². The first-order valence-electron chi connectivity index (χ1n) is 8.86. The molecule has 5 heteroatoms. The molecular formula is C21H25N5. The van der Waals surface area contributed by atoms with E-state index in [0.717, 1.165) is 35.0 Å². The summed E-state index contributed by atoms with van der Waals surface area (Å²) in [6, 6.07) is 6.43. The number of hydrogen-bond donors (Lipinski definition) is 2. The Morgan fingerprint density at radius 2 is 2.12 bits per heavy atom. The minimum absolute atomic E-state index is 0.584. The first-order valence-corrected chi connectivity index (χ1v) is 8.86. The van der Waals surface area contributed by atoms with Gasteiger partial charge in [0, 0.05) is 53.4 Å². The fraction of sp³-hybridized carbons (Fsp3) is 0.286. The van der Waals surface area contributed by atoms with Crippen LogP contribution in [0.5, 0.6) is 0 Å². The molecule has 5 nitrogen and oxygen atoms in total. The van der Waals surface area contributed by atoms with Crippen LogP contribution in [0.25, 0.3) is 27.7 Å². The van der Waals surface area contributed by atoms with E-state index in [1.54, 1.807) is 13.1 Å². The predicted octanol–water partition coefficient (Wildman–Crippen LogP) is 4.24. The van der Waals surface area contributed by atoms with Crippen molar-refractivity contribution < 1.29 is 0 Å². The van der Waals surface area contributed by atoms with Crippen molar-refractivity contribution in [2.45, 2.75) is 33.6 Å². The zero-order chi connectivity index (χ0) is 18.8. The van der Waals surface area contributed by atoms with Crippen LogP contribution in [0.3, 0.4) is 0 Å². The average Bonchev–Trinajstić information content (AvgIpc) is 2.94. The molecule has 0 atom stereocenters. The van der Waals surface area contributed by atoms with Crippen LogP contribution >= 0.6 is 0 Å². The minimum atomic E-state index is 0.584. The Morgan fingerprint density at radius 1 is 1.35 bits per heavy atom. The Bertz CT molecular complexity index is 1010. The summed E-state index contributed by atoms with van der Waals surface area (Å²) in [5.41, 5.74) is 12.5. The summed E-state index contributed by atoms with van der Waals surface area (Å²) < 4.78 is 2.17. The lowest BCUT2D eigenvalue weighted by molar-refractivity contribution is 0.903. The van der Waals surface area contributed by atoms with Gasteiger partial charge in [0.05, 0.1) is 11.2 Å². The number of fused-ring (bicyclic) bond motifs is 1. The van der Waals surface area contributed by atoms with Crippen LogP contribution in [-0.2, 0) is 13.5 Å². The van der Waals surface area contributed by atoms with E-state index in [0.29, 0.717) is 17.1 Å². The molecule has 0 fully saturated rings. The molecular weight excluding hydrogens is 322 g/mol. The number of nitrogens with one attached hydrogen (secondary N) is 1. The molecule has 0 unspecified atom stereocenters. The third-order valence-electron chi connectivity index (χ3n) is 4.63. The van der Waals surface area contributed by atoms with Crippen molar-refractivity contribution >= 4 is 22.7 Å². The Hall–Kier alpha value is -2.95. The van der Waals surface area contributed by atoms with E-state index in [1.807, 2.05) is 6.92 Å². The lowest BCUT2D eigenvalue weighted by Crippen LogP contribution is -2.03. The number of rotatable bonds is 5. The van der Waals surface area contributed by atoms with Gasteiger partial charge in [-0.25, -0.2) is 9.97 Å². The van der Waals surface area contributed by atoms with E-state index in [9.17, 15) is 0 Å². The fourth-order valence-electron chi connectivity index (χ4n) is 3.49. The van der Waals surface area contributed by atoms with E-state index in [1.165, 1.54) is 17.3 Å². The topological polar surface area (TPSA) is 80.6 Å². The van der Waals surface area contributed by atoms with Gasteiger partial charge in [-0.1, -0.05) is 31.5 Å². The van der Waals surface area contributed by atoms with Gasteiger partial charge in [-0.05, 0) is 25.8 Å². The molecule has 0 radical (unpaired) electrons. The summed E-state index contributed by atoms with van der Waals surface area (Å²) in [5, 5.41) is 8.94. The number of aromatic nitrogens is 3. The number of para-hydroxylation sites is 1. The van der Waals surface area contributed by atoms with Gasteiger partial charge in [0.25, 0.3) is 0 Å². The second kappa shape index (κ2) is 7.12. The summed E-state index contributed by atoms with van der Waals surface area (Å²) in [6.45, 7) is 5.87. The standard InChI is InChI=1S/C21H25N5/c1-5-7-15-8-6-9-16-19(12-26(4)21(15)16)20-18(11-24-14(3)25-20)17(10-22)13(2)23/h6,8-12,22H,5,7,23H2,1-4H3/b17-13+,22-10?. The normalized spacial score (nSPS) is 12.3. The maximum Gasteiger partial charge on any atom is 0.125 e. The Morgan fingerprint density at radius 3 is 2.77 bits per heavy atom. The van der Waals surface area contributed by atoms with Gasteiger partial charge in [0.2, 0.25) is 0 Å². The second-order valence-electron chi connectivity index (χ2n) is 6.64. The summed E-state index contributed by atoms with van der Waals surface area (Å²) in [7, 11) is 2.07. The maximum atomic E-state index is 7.77. The number of aryl methyl sites for hydroxylation is 3. The summed E-state index contributed by atoms with van der Waals surface area (Å²) in [6.07, 6.45) is 7.30. The molecule has 3 rings (SSSR count). The van der Waals surface area contributed by atoms with Crippen molar-refractivity contribution in [3.05, 3.63) is 53.2 Å². The summed E-state index contributed by atoms with van der Waals surface area (Å²) in [5.74, 6) is 0.699. The van der Waals surface area contributed by atoms with E-state index in [2.05, 4.69) is 47.9 Å². The van der Waals surface area contributed by atoms with Gasteiger partial charge >= 0.3 is 0 Å². The molecule has 0 bridgehead atoms. The number of nitrogens with two attached hydrogens (primary N) is 1. The van der Waals surface area contributed by atoms with Crippen molar-refractivity contribution in [2.75, 3.05) is 0 Å². The molecule has 0 saturated heterocycles. The van der Waals surface area contributed by atoms with Crippen molar-refractivity contribution in [1.29, 1.82) is 5.41 Å². The molecule has 0 saturated carbocycles. The average molecular weight is 347 g/mol. The van der Waals surface area contributed by atoms with Crippen molar-refractivity contribution in [1.82, 2.24) is 14.5 Å². The summed E-state index contributed by atoms with van der Waals surface area (Å²) >= 11 is 0. The highest BCUT2D eigenvalue weighted by Crippen LogP contribution is 2.35. The molecule has 3 aromatic rings. The third kappa shape index (κ3) is 3.01. The second-order valence-corrected chi connectivity index (χ2v) is 6.64. The molecule has 0 amide bonds. The van der Waals surface area contributed by atoms with E-state index >= 15 is 0 Å². The highest BCUT2D eigenvalue weighted by atomic mass is 14.9. The van der Waals surface area contributed by atoms with Crippen LogP contribution in [0.1, 0.15) is 37.2 Å². The molecule has 1 aromatic carbocycles. The molecule has 0 aliphatic carbocycles. The Kier molecular flexibility index (Phi) is 4.89. The minimum Gasteiger partial charge on any atom is -0.402 e. The molecule has 0 aliphatic heterocycles. The molecule has 2 heterocycles. The van der Waals surface area contributed by atoms with Crippen LogP contribution in [0.15, 0.2) is 36.3 Å². The molecule has 134 valence electrons. The van der Waals surface area contributed by atoms with E-state index in [4.69, 9.17) is 16.1 Å². The van der Waals surface area contributed by atoms with Gasteiger partial charge in [0.1, 0.15) is 5.82 Å². The smallest absolute Gasteiger partial charge is 0.125 e.